The number of hydrogen-bond donors (Lipinski definition) is 0. The van der Waals surface area contributed by atoms with Crippen molar-refractivity contribution in [3.63, 3.8) is 0 Å². The molecule has 160 valence electrons. The largest absolute Gasteiger partial charge is 0.465 e. The van der Waals surface area contributed by atoms with E-state index in [1.54, 1.807) is 0 Å². The predicted molar refractivity (Wildman–Crippen MR) is 99.5 cm³/mol. The van der Waals surface area contributed by atoms with Crippen LogP contribution in [0.15, 0.2) is 0 Å². The molecule has 2 spiro atoms. The van der Waals surface area contributed by atoms with Crippen LogP contribution in [0.5, 0.6) is 0 Å². The van der Waals surface area contributed by atoms with Gasteiger partial charge >= 0.3 is 17.9 Å². The highest BCUT2D eigenvalue weighted by Gasteiger charge is 2.77. The SMILES string of the molecule is CC(=O)OCC12CCCC3(C)C(=O)OC(CC(C)C14CCC1(CCOC1=O)O4)C32. The zero-order valence-corrected chi connectivity index (χ0v) is 17.5. The second-order valence-electron chi connectivity index (χ2n) is 10.1. The number of hydrogen-bond acceptors (Lipinski definition) is 7. The molecule has 0 aromatic heterocycles. The number of esters is 3. The lowest BCUT2D eigenvalue weighted by Gasteiger charge is -2.62. The number of fused-ring (bicyclic) bond motifs is 1. The minimum absolute atomic E-state index is 0.0698. The number of cyclic esters (lactones) is 1. The summed E-state index contributed by atoms with van der Waals surface area (Å²) >= 11 is 0. The van der Waals surface area contributed by atoms with E-state index in [1.165, 1.54) is 6.92 Å². The topological polar surface area (TPSA) is 88.1 Å². The fourth-order valence-electron chi connectivity index (χ4n) is 7.63. The van der Waals surface area contributed by atoms with Crippen molar-refractivity contribution in [1.82, 2.24) is 0 Å². The molecule has 0 N–H and O–H groups in total. The van der Waals surface area contributed by atoms with E-state index < -0.39 is 22.0 Å². The van der Waals surface area contributed by atoms with E-state index in [0.717, 1.165) is 19.3 Å². The van der Waals surface area contributed by atoms with Crippen molar-refractivity contribution >= 4 is 17.9 Å². The summed E-state index contributed by atoms with van der Waals surface area (Å²) in [6.45, 7) is 6.12. The maximum atomic E-state index is 12.9. The summed E-state index contributed by atoms with van der Waals surface area (Å²) in [5.41, 5.74) is -2.69. The molecule has 7 atom stereocenters. The fraction of sp³-hybridized carbons (Fsp3) is 0.864. The molecule has 3 aliphatic heterocycles. The van der Waals surface area contributed by atoms with Gasteiger partial charge in [0, 0.05) is 24.7 Å². The van der Waals surface area contributed by atoms with Gasteiger partial charge < -0.3 is 18.9 Å². The van der Waals surface area contributed by atoms with Crippen molar-refractivity contribution in [2.45, 2.75) is 83.0 Å². The van der Waals surface area contributed by atoms with Crippen LogP contribution in [0, 0.1) is 22.7 Å². The Bertz CT molecular complexity index is 779. The Labute approximate surface area is 170 Å². The van der Waals surface area contributed by atoms with E-state index in [1.807, 2.05) is 6.92 Å². The van der Waals surface area contributed by atoms with Gasteiger partial charge in [-0.25, -0.2) is 4.79 Å². The van der Waals surface area contributed by atoms with E-state index in [-0.39, 0.29) is 42.5 Å². The lowest BCUT2D eigenvalue weighted by molar-refractivity contribution is -0.266. The van der Waals surface area contributed by atoms with Crippen molar-refractivity contribution in [2.75, 3.05) is 13.2 Å². The lowest BCUT2D eigenvalue weighted by atomic mass is 9.43. The smallest absolute Gasteiger partial charge is 0.338 e. The third kappa shape index (κ3) is 2.25. The average Bonchev–Trinajstić information content (AvgIpc) is 3.30. The molecule has 3 saturated heterocycles. The summed E-state index contributed by atoms with van der Waals surface area (Å²) < 4.78 is 23.7. The van der Waals surface area contributed by atoms with Crippen LogP contribution in [-0.4, -0.2) is 48.4 Å². The second-order valence-corrected chi connectivity index (χ2v) is 10.1. The molecule has 0 bridgehead atoms. The summed E-state index contributed by atoms with van der Waals surface area (Å²) in [7, 11) is 0. The van der Waals surface area contributed by atoms with E-state index in [2.05, 4.69) is 6.92 Å². The van der Waals surface area contributed by atoms with Crippen LogP contribution in [0.2, 0.25) is 0 Å². The molecule has 0 radical (unpaired) electrons. The Morgan fingerprint density at radius 1 is 1.14 bits per heavy atom. The first-order chi connectivity index (χ1) is 13.7. The second kappa shape index (κ2) is 5.96. The molecule has 7 unspecified atom stereocenters. The van der Waals surface area contributed by atoms with Crippen LogP contribution in [0.3, 0.4) is 0 Å². The molecule has 29 heavy (non-hydrogen) atoms. The van der Waals surface area contributed by atoms with Gasteiger partial charge in [0.05, 0.1) is 17.6 Å². The molecule has 2 aliphatic carbocycles. The third-order valence-electron chi connectivity index (χ3n) is 8.84. The highest BCUT2D eigenvalue weighted by Crippen LogP contribution is 2.70. The Balaban J connectivity index is 1.64. The molecule has 3 heterocycles. The summed E-state index contributed by atoms with van der Waals surface area (Å²) in [6.07, 6.45) is 4.79. The molecule has 5 rings (SSSR count). The first-order valence-electron chi connectivity index (χ1n) is 10.9. The Morgan fingerprint density at radius 2 is 1.93 bits per heavy atom. The Morgan fingerprint density at radius 3 is 2.62 bits per heavy atom. The molecule has 0 amide bonds. The van der Waals surface area contributed by atoms with Crippen LogP contribution in [-0.2, 0) is 33.3 Å². The molecule has 2 saturated carbocycles. The summed E-state index contributed by atoms with van der Waals surface area (Å²) in [6, 6.07) is 0. The minimum Gasteiger partial charge on any atom is -0.465 e. The fourth-order valence-corrected chi connectivity index (χ4v) is 7.63. The van der Waals surface area contributed by atoms with Crippen LogP contribution in [0.1, 0.15) is 65.7 Å². The van der Waals surface area contributed by atoms with Crippen molar-refractivity contribution < 1.29 is 33.3 Å². The summed E-state index contributed by atoms with van der Waals surface area (Å²) in [5.74, 6) is -0.769. The summed E-state index contributed by atoms with van der Waals surface area (Å²) in [4.78, 5) is 37.4. The molecule has 5 fully saturated rings. The third-order valence-corrected chi connectivity index (χ3v) is 8.84. The normalized spacial score (nSPS) is 50.5. The van der Waals surface area contributed by atoms with Crippen molar-refractivity contribution in [3.8, 4) is 0 Å². The zero-order chi connectivity index (χ0) is 20.7. The van der Waals surface area contributed by atoms with Gasteiger partial charge in [-0.15, -0.1) is 0 Å². The predicted octanol–water partition coefficient (Wildman–Crippen LogP) is 2.54. The molecule has 7 nitrogen and oxygen atoms in total. The van der Waals surface area contributed by atoms with E-state index >= 15 is 0 Å². The monoisotopic (exact) mass is 406 g/mol. The van der Waals surface area contributed by atoms with Gasteiger partial charge in [-0.05, 0) is 44.9 Å². The quantitative estimate of drug-likeness (QED) is 0.514. The van der Waals surface area contributed by atoms with E-state index in [9.17, 15) is 14.4 Å². The van der Waals surface area contributed by atoms with Gasteiger partial charge in [0.15, 0.2) is 5.60 Å². The molecule has 7 heteroatoms. The molecular formula is C22H30O7. The highest BCUT2D eigenvalue weighted by atomic mass is 16.6. The molecule has 5 aliphatic rings. The van der Waals surface area contributed by atoms with Crippen LogP contribution < -0.4 is 0 Å². The van der Waals surface area contributed by atoms with E-state index in [4.69, 9.17) is 18.9 Å². The zero-order valence-electron chi connectivity index (χ0n) is 17.5. The first kappa shape index (κ1) is 19.3. The maximum absolute atomic E-state index is 12.9. The molecule has 0 aromatic carbocycles. The Hall–Kier alpha value is -1.63. The average molecular weight is 406 g/mol. The van der Waals surface area contributed by atoms with Gasteiger partial charge in [0.1, 0.15) is 12.7 Å². The van der Waals surface area contributed by atoms with Gasteiger partial charge in [-0.1, -0.05) is 13.3 Å². The van der Waals surface area contributed by atoms with Crippen molar-refractivity contribution in [2.24, 2.45) is 22.7 Å². The maximum Gasteiger partial charge on any atom is 0.338 e. The Kier molecular flexibility index (Phi) is 3.97. The molecular weight excluding hydrogens is 376 g/mol. The number of carbonyl (C=O) groups excluding carboxylic acids is 3. The first-order valence-corrected chi connectivity index (χ1v) is 10.9. The van der Waals surface area contributed by atoms with Crippen LogP contribution >= 0.6 is 0 Å². The highest BCUT2D eigenvalue weighted by molar-refractivity contribution is 5.82. The van der Waals surface area contributed by atoms with Gasteiger partial charge in [-0.3, -0.25) is 9.59 Å². The van der Waals surface area contributed by atoms with Gasteiger partial charge in [0.25, 0.3) is 0 Å². The standard InChI is InChI=1S/C22H30O7/c1-13-11-15-16-19(3,17(24)28-15)5-4-6-20(16,12-27-14(2)23)22(13)8-7-21(29-22)9-10-26-18(21)25/h13,15-16H,4-12H2,1-3H3. The van der Waals surface area contributed by atoms with Crippen molar-refractivity contribution in [3.05, 3.63) is 0 Å². The number of carbonyl (C=O) groups is 3. The van der Waals surface area contributed by atoms with Gasteiger partial charge in [-0.2, -0.15) is 0 Å². The van der Waals surface area contributed by atoms with Crippen LogP contribution in [0.25, 0.3) is 0 Å². The number of rotatable bonds is 2. The number of ether oxygens (including phenoxy) is 4. The summed E-state index contributed by atoms with van der Waals surface area (Å²) in [5, 5.41) is 0. The minimum atomic E-state index is -0.901. The van der Waals surface area contributed by atoms with Crippen molar-refractivity contribution in [1.29, 1.82) is 0 Å². The molecule has 0 aromatic rings. The van der Waals surface area contributed by atoms with E-state index in [0.29, 0.717) is 32.3 Å². The van der Waals surface area contributed by atoms with Gasteiger partial charge in [0.2, 0.25) is 0 Å². The lowest BCUT2D eigenvalue weighted by Crippen LogP contribution is -2.68. The van der Waals surface area contributed by atoms with Crippen LogP contribution in [0.4, 0.5) is 0 Å².